The minimum Gasteiger partial charge on any atom is -0.393 e. The Hall–Kier alpha value is -0.300. The maximum absolute atomic E-state index is 10.3. The van der Waals surface area contributed by atoms with Gasteiger partial charge in [0.1, 0.15) is 0 Å². The molecule has 4 aliphatic rings. The van der Waals surface area contributed by atoms with Crippen LogP contribution in [0.3, 0.4) is 0 Å². The first kappa shape index (κ1) is 22.9. The fourth-order valence-electron chi connectivity index (χ4n) is 9.35. The molecule has 4 saturated carbocycles. The van der Waals surface area contributed by atoms with Crippen molar-refractivity contribution in [2.75, 3.05) is 0 Å². The summed E-state index contributed by atoms with van der Waals surface area (Å²) in [4.78, 5) is 0. The van der Waals surface area contributed by atoms with Crippen molar-refractivity contribution in [1.29, 1.82) is 0 Å². The summed E-state index contributed by atoms with van der Waals surface area (Å²) in [5.41, 5.74) is 2.68. The Bertz CT molecular complexity index is 649. The summed E-state index contributed by atoms with van der Waals surface area (Å²) >= 11 is 0. The summed E-state index contributed by atoms with van der Waals surface area (Å²) in [5, 5.41) is 10.3. The molecule has 0 saturated heterocycles. The highest BCUT2D eigenvalue weighted by Crippen LogP contribution is 2.68. The summed E-state index contributed by atoms with van der Waals surface area (Å²) in [6, 6.07) is 0. The zero-order chi connectivity index (χ0) is 21.8. The van der Waals surface area contributed by atoms with E-state index in [0.717, 1.165) is 54.3 Å². The second kappa shape index (κ2) is 8.24. The molecule has 1 nitrogen and oxygen atoms in total. The standard InChI is InChI=1S/C29H50O/c1-18(2)21(5)19(3)16-20(4)25-10-11-26-24-9-8-22-17-23(30)12-14-28(22,6)27(24)13-15-29(25,26)7/h16,18,20-27,30H,8-15,17H2,1-7H3/b19-16+/t20-,21-,22+,23+,24+,25-,26+,27+,28+,29-/m1/s1. The van der Waals surface area contributed by atoms with Crippen LogP contribution in [0.15, 0.2) is 11.6 Å². The molecule has 4 rings (SSSR count). The predicted octanol–water partition coefficient (Wildman–Crippen LogP) is 7.88. The van der Waals surface area contributed by atoms with Crippen molar-refractivity contribution < 1.29 is 5.11 Å². The molecule has 0 aromatic heterocycles. The fraction of sp³-hybridized carbons (Fsp3) is 0.931. The first-order valence-electron chi connectivity index (χ1n) is 13.4. The lowest BCUT2D eigenvalue weighted by Crippen LogP contribution is -2.54. The molecule has 30 heavy (non-hydrogen) atoms. The number of aliphatic hydroxyl groups excluding tert-OH is 1. The summed E-state index contributed by atoms with van der Waals surface area (Å²) in [6.45, 7) is 17.4. The van der Waals surface area contributed by atoms with Crippen LogP contribution in [0, 0.1) is 58.2 Å². The van der Waals surface area contributed by atoms with Gasteiger partial charge in [0.25, 0.3) is 0 Å². The number of hydrogen-bond donors (Lipinski definition) is 1. The smallest absolute Gasteiger partial charge is 0.0543 e. The Kier molecular flexibility index (Phi) is 6.28. The van der Waals surface area contributed by atoms with Crippen molar-refractivity contribution in [3.05, 3.63) is 11.6 Å². The topological polar surface area (TPSA) is 20.2 Å². The highest BCUT2D eigenvalue weighted by Gasteiger charge is 2.60. The van der Waals surface area contributed by atoms with E-state index in [4.69, 9.17) is 0 Å². The van der Waals surface area contributed by atoms with Gasteiger partial charge in [-0.3, -0.25) is 0 Å². The molecular weight excluding hydrogens is 364 g/mol. The van der Waals surface area contributed by atoms with E-state index in [2.05, 4.69) is 54.5 Å². The molecule has 4 aliphatic carbocycles. The molecule has 0 radical (unpaired) electrons. The largest absolute Gasteiger partial charge is 0.393 e. The molecule has 0 unspecified atom stereocenters. The Labute approximate surface area is 187 Å². The van der Waals surface area contributed by atoms with Crippen LogP contribution in [0.1, 0.15) is 106 Å². The van der Waals surface area contributed by atoms with Crippen molar-refractivity contribution in [3.8, 4) is 0 Å². The Morgan fingerprint density at radius 1 is 0.867 bits per heavy atom. The molecule has 0 aromatic rings. The van der Waals surface area contributed by atoms with E-state index >= 15 is 0 Å². The second-order valence-corrected chi connectivity index (χ2v) is 13.1. The van der Waals surface area contributed by atoms with Gasteiger partial charge >= 0.3 is 0 Å². The quantitative estimate of drug-likeness (QED) is 0.464. The summed E-state index contributed by atoms with van der Waals surface area (Å²) in [7, 11) is 0. The fourth-order valence-corrected chi connectivity index (χ4v) is 9.35. The van der Waals surface area contributed by atoms with Crippen LogP contribution < -0.4 is 0 Å². The molecule has 0 aliphatic heterocycles. The van der Waals surface area contributed by atoms with Crippen molar-refractivity contribution in [3.63, 3.8) is 0 Å². The van der Waals surface area contributed by atoms with Crippen LogP contribution >= 0.6 is 0 Å². The van der Waals surface area contributed by atoms with Gasteiger partial charge in [-0.25, -0.2) is 0 Å². The van der Waals surface area contributed by atoms with E-state index in [1.165, 1.54) is 44.9 Å². The van der Waals surface area contributed by atoms with Crippen LogP contribution in [-0.2, 0) is 0 Å². The van der Waals surface area contributed by atoms with Crippen LogP contribution in [0.25, 0.3) is 0 Å². The van der Waals surface area contributed by atoms with E-state index in [1.807, 2.05) is 0 Å². The van der Waals surface area contributed by atoms with Gasteiger partial charge in [-0.2, -0.15) is 0 Å². The maximum atomic E-state index is 10.3. The van der Waals surface area contributed by atoms with Gasteiger partial charge in [0, 0.05) is 0 Å². The summed E-state index contributed by atoms with van der Waals surface area (Å²) in [6.07, 6.45) is 14.7. The molecule has 10 atom stereocenters. The lowest BCUT2D eigenvalue weighted by Gasteiger charge is -2.61. The van der Waals surface area contributed by atoms with E-state index in [9.17, 15) is 5.11 Å². The summed E-state index contributed by atoms with van der Waals surface area (Å²) in [5.74, 6) is 6.64. The van der Waals surface area contributed by atoms with Gasteiger partial charge in [-0.15, -0.1) is 0 Å². The number of hydrogen-bond acceptors (Lipinski definition) is 1. The minimum atomic E-state index is -0.0200. The normalized spacial score (nSPS) is 48.6. The molecule has 0 aromatic carbocycles. The molecule has 0 heterocycles. The van der Waals surface area contributed by atoms with Gasteiger partial charge in [0.2, 0.25) is 0 Å². The molecule has 1 heteroatoms. The molecular formula is C29H50O. The van der Waals surface area contributed by atoms with Crippen LogP contribution in [-0.4, -0.2) is 11.2 Å². The average Bonchev–Trinajstić information content (AvgIpc) is 3.05. The third-order valence-corrected chi connectivity index (χ3v) is 11.6. The summed E-state index contributed by atoms with van der Waals surface area (Å²) < 4.78 is 0. The van der Waals surface area contributed by atoms with Gasteiger partial charge in [0.05, 0.1) is 6.10 Å². The van der Waals surface area contributed by atoms with Crippen LogP contribution in [0.4, 0.5) is 0 Å². The SMILES string of the molecule is C/C(=C\[C@@H](C)[C@H]1CC[C@H]2[C@@H]3CC[C@H]4C[C@@H](O)CC[C@]4(C)[C@H]3CC[C@]12C)[C@H](C)C(C)C. The van der Waals surface area contributed by atoms with Crippen molar-refractivity contribution in [1.82, 2.24) is 0 Å². The van der Waals surface area contributed by atoms with Gasteiger partial charge in [-0.05, 0) is 123 Å². The zero-order valence-corrected chi connectivity index (χ0v) is 21.1. The molecule has 0 amide bonds. The van der Waals surface area contributed by atoms with Crippen LogP contribution in [0.5, 0.6) is 0 Å². The zero-order valence-electron chi connectivity index (χ0n) is 21.1. The molecule has 0 bridgehead atoms. The lowest BCUT2D eigenvalue weighted by atomic mass is 9.44. The van der Waals surface area contributed by atoms with Crippen LogP contribution in [0.2, 0.25) is 0 Å². The molecule has 4 fully saturated rings. The lowest BCUT2D eigenvalue weighted by molar-refractivity contribution is -0.128. The maximum Gasteiger partial charge on any atom is 0.0543 e. The number of rotatable bonds is 4. The first-order chi connectivity index (χ1) is 14.1. The van der Waals surface area contributed by atoms with Gasteiger partial charge < -0.3 is 5.11 Å². The second-order valence-electron chi connectivity index (χ2n) is 13.1. The Balaban J connectivity index is 1.52. The molecule has 1 N–H and O–H groups in total. The monoisotopic (exact) mass is 414 g/mol. The third-order valence-electron chi connectivity index (χ3n) is 11.6. The first-order valence-corrected chi connectivity index (χ1v) is 13.4. The highest BCUT2D eigenvalue weighted by atomic mass is 16.3. The van der Waals surface area contributed by atoms with Gasteiger partial charge in [0.15, 0.2) is 0 Å². The minimum absolute atomic E-state index is 0.0200. The molecule has 0 spiro atoms. The number of fused-ring (bicyclic) bond motifs is 5. The van der Waals surface area contributed by atoms with Crippen molar-refractivity contribution in [2.24, 2.45) is 58.2 Å². The predicted molar refractivity (Wildman–Crippen MR) is 128 cm³/mol. The van der Waals surface area contributed by atoms with E-state index in [1.54, 1.807) is 5.57 Å². The van der Waals surface area contributed by atoms with Crippen molar-refractivity contribution in [2.45, 2.75) is 112 Å². The van der Waals surface area contributed by atoms with Crippen molar-refractivity contribution >= 4 is 0 Å². The third kappa shape index (κ3) is 3.64. The van der Waals surface area contributed by atoms with Gasteiger partial charge in [-0.1, -0.05) is 53.2 Å². The highest BCUT2D eigenvalue weighted by molar-refractivity contribution is 5.13. The number of allylic oxidation sites excluding steroid dienone is 2. The molecule has 172 valence electrons. The van der Waals surface area contributed by atoms with E-state index in [0.29, 0.717) is 16.7 Å². The van der Waals surface area contributed by atoms with E-state index in [-0.39, 0.29) is 6.10 Å². The average molecular weight is 415 g/mol. The Morgan fingerprint density at radius 3 is 2.23 bits per heavy atom. The Morgan fingerprint density at radius 2 is 1.53 bits per heavy atom. The van der Waals surface area contributed by atoms with E-state index < -0.39 is 0 Å². The number of aliphatic hydroxyl groups is 1.